The molecule has 6 nitrogen and oxygen atoms in total. The summed E-state index contributed by atoms with van der Waals surface area (Å²) in [5.41, 5.74) is 4.98. The lowest BCUT2D eigenvalue weighted by Gasteiger charge is -2.38. The third-order valence-corrected chi connectivity index (χ3v) is 7.21. The average molecular weight is 429 g/mol. The van der Waals surface area contributed by atoms with Crippen LogP contribution in [0.5, 0.6) is 0 Å². The number of benzene rings is 1. The summed E-state index contributed by atoms with van der Waals surface area (Å²) >= 11 is 0. The van der Waals surface area contributed by atoms with Crippen LogP contribution in [0.2, 0.25) is 0 Å². The average Bonchev–Trinajstić information content (AvgIpc) is 3.03. The molecule has 0 aliphatic carbocycles. The number of hydrogen-bond donors (Lipinski definition) is 3. The Balaban J connectivity index is 2.02. The summed E-state index contributed by atoms with van der Waals surface area (Å²) in [5.74, 6) is 0.837. The fourth-order valence-electron chi connectivity index (χ4n) is 5.35. The van der Waals surface area contributed by atoms with Gasteiger partial charge in [-0.2, -0.15) is 0 Å². The minimum Gasteiger partial charge on any atom is -0.391 e. The predicted molar refractivity (Wildman–Crippen MR) is 125 cm³/mol. The number of rotatable bonds is 5. The van der Waals surface area contributed by atoms with Gasteiger partial charge in [0, 0.05) is 25.7 Å². The number of β-amino-alcohol motifs (C(OH)–C–C–N with tert-alkyl or cyclic N) is 1. The first-order chi connectivity index (χ1) is 14.7. The van der Waals surface area contributed by atoms with Crippen LogP contribution in [0.25, 0.3) is 0 Å². The van der Waals surface area contributed by atoms with Crippen molar-refractivity contribution in [1.29, 1.82) is 0 Å². The van der Waals surface area contributed by atoms with E-state index in [4.69, 9.17) is 0 Å². The maximum atomic E-state index is 13.8. The molecule has 172 valence electrons. The van der Waals surface area contributed by atoms with E-state index < -0.39 is 6.10 Å². The van der Waals surface area contributed by atoms with Gasteiger partial charge in [0.05, 0.1) is 17.7 Å². The Morgan fingerprint density at radius 2 is 1.84 bits per heavy atom. The number of nitrogens with zero attached hydrogens (tertiary/aromatic N) is 2. The number of carbonyl (C=O) groups is 1. The van der Waals surface area contributed by atoms with E-state index in [0.29, 0.717) is 18.5 Å². The second-order valence-corrected chi connectivity index (χ2v) is 9.96. The molecule has 0 saturated carbocycles. The van der Waals surface area contributed by atoms with Crippen LogP contribution in [0.1, 0.15) is 71.9 Å². The molecule has 2 fully saturated rings. The predicted octanol–water partition coefficient (Wildman–Crippen LogP) is 3.57. The van der Waals surface area contributed by atoms with E-state index in [2.05, 4.69) is 67.7 Å². The molecule has 2 heterocycles. The number of hydrazine groups is 1. The van der Waals surface area contributed by atoms with Crippen LogP contribution < -0.4 is 10.7 Å². The van der Waals surface area contributed by atoms with Crippen molar-refractivity contribution in [2.24, 2.45) is 5.41 Å². The molecular weight excluding hydrogens is 388 g/mol. The lowest BCUT2D eigenvalue weighted by Crippen LogP contribution is -2.49. The topological polar surface area (TPSA) is 67.8 Å². The number of carbonyl (C=O) groups excluding carboxylic acids is 1. The highest BCUT2D eigenvalue weighted by atomic mass is 16.3. The fourth-order valence-corrected chi connectivity index (χ4v) is 5.35. The molecule has 2 aliphatic rings. The minimum absolute atomic E-state index is 0.00881. The van der Waals surface area contributed by atoms with Crippen LogP contribution in [0.3, 0.4) is 0 Å². The quantitative estimate of drug-likeness (QED) is 0.626. The van der Waals surface area contributed by atoms with Crippen LogP contribution in [0.4, 0.5) is 0 Å². The summed E-state index contributed by atoms with van der Waals surface area (Å²) in [7, 11) is 1.90. The van der Waals surface area contributed by atoms with Crippen LogP contribution in [0.15, 0.2) is 41.7 Å². The first kappa shape index (κ1) is 23.6. The highest BCUT2D eigenvalue weighted by molar-refractivity contribution is 5.94. The molecular formula is C25H40N4O2. The van der Waals surface area contributed by atoms with Crippen molar-refractivity contribution in [2.75, 3.05) is 20.1 Å². The van der Waals surface area contributed by atoms with Gasteiger partial charge in [0.15, 0.2) is 0 Å². The summed E-state index contributed by atoms with van der Waals surface area (Å²) in [5, 5.41) is 16.2. The maximum Gasteiger partial charge on any atom is 0.253 e. The lowest BCUT2D eigenvalue weighted by atomic mass is 9.84. The van der Waals surface area contributed by atoms with Gasteiger partial charge in [-0.3, -0.25) is 9.80 Å². The van der Waals surface area contributed by atoms with Gasteiger partial charge >= 0.3 is 0 Å². The van der Waals surface area contributed by atoms with E-state index in [0.717, 1.165) is 31.6 Å². The van der Waals surface area contributed by atoms with Crippen molar-refractivity contribution in [3.63, 3.8) is 0 Å². The molecule has 0 spiro atoms. The molecule has 31 heavy (non-hydrogen) atoms. The molecule has 2 saturated heterocycles. The SMILES string of the molecule is CCC1(CC)CC(O)CN1C(=O)/C(C)=C1\N[C@@H](c2ccccc2)CC(C)(C)CN1NC. The molecule has 0 bridgehead atoms. The number of amides is 1. The molecule has 1 amide bonds. The molecule has 1 aromatic carbocycles. The zero-order chi connectivity index (χ0) is 22.8. The standard InChI is InChI=1S/C25H40N4O2/c1-7-25(8-2)14-20(30)16-28(25)23(31)18(3)22-27-21(19-12-10-9-11-13-19)15-24(4,5)17-29(22)26-6/h9-13,20-21,26-27,30H,7-8,14-17H2,1-6H3/b22-18+/t20?,21-/m1/s1. The molecule has 0 radical (unpaired) electrons. The first-order valence-corrected chi connectivity index (χ1v) is 11.6. The molecule has 3 N–H and O–H groups in total. The van der Waals surface area contributed by atoms with Gasteiger partial charge in [-0.1, -0.05) is 58.0 Å². The van der Waals surface area contributed by atoms with Crippen molar-refractivity contribution < 1.29 is 9.90 Å². The summed E-state index contributed by atoms with van der Waals surface area (Å²) < 4.78 is 0. The van der Waals surface area contributed by atoms with Crippen molar-refractivity contribution in [2.45, 2.75) is 78.0 Å². The number of aliphatic hydroxyl groups excluding tert-OH is 1. The lowest BCUT2D eigenvalue weighted by molar-refractivity contribution is -0.131. The molecule has 1 aromatic rings. The van der Waals surface area contributed by atoms with Crippen LogP contribution in [-0.4, -0.2) is 52.7 Å². The van der Waals surface area contributed by atoms with Crippen LogP contribution >= 0.6 is 0 Å². The van der Waals surface area contributed by atoms with Crippen LogP contribution in [0, 0.1) is 5.41 Å². The molecule has 6 heteroatoms. The van der Waals surface area contributed by atoms with Gasteiger partial charge in [0.1, 0.15) is 5.82 Å². The zero-order valence-electron chi connectivity index (χ0n) is 20.0. The van der Waals surface area contributed by atoms with Crippen molar-refractivity contribution in [1.82, 2.24) is 20.7 Å². The summed E-state index contributed by atoms with van der Waals surface area (Å²) in [6.07, 6.45) is 2.84. The van der Waals surface area contributed by atoms with Crippen molar-refractivity contribution in [3.8, 4) is 0 Å². The van der Waals surface area contributed by atoms with E-state index in [1.54, 1.807) is 0 Å². The molecule has 2 aliphatic heterocycles. The summed E-state index contributed by atoms with van der Waals surface area (Å²) in [4.78, 5) is 15.7. The van der Waals surface area contributed by atoms with Crippen molar-refractivity contribution in [3.05, 3.63) is 47.3 Å². The van der Waals surface area contributed by atoms with Gasteiger partial charge in [-0.15, -0.1) is 0 Å². The third-order valence-electron chi connectivity index (χ3n) is 7.21. The Labute approximate surface area is 187 Å². The van der Waals surface area contributed by atoms with Gasteiger partial charge in [-0.25, -0.2) is 5.43 Å². The van der Waals surface area contributed by atoms with E-state index in [-0.39, 0.29) is 22.9 Å². The Kier molecular flexibility index (Phi) is 7.01. The summed E-state index contributed by atoms with van der Waals surface area (Å²) in [6, 6.07) is 10.6. The monoisotopic (exact) mass is 428 g/mol. The minimum atomic E-state index is -0.458. The second-order valence-electron chi connectivity index (χ2n) is 9.96. The first-order valence-electron chi connectivity index (χ1n) is 11.6. The van der Waals surface area contributed by atoms with E-state index in [1.165, 1.54) is 5.56 Å². The van der Waals surface area contributed by atoms with E-state index in [9.17, 15) is 9.90 Å². The number of hydrogen-bond acceptors (Lipinski definition) is 5. The number of aliphatic hydroxyl groups is 1. The number of likely N-dealkylation sites (tertiary alicyclic amines) is 1. The van der Waals surface area contributed by atoms with Gasteiger partial charge < -0.3 is 15.3 Å². The second kappa shape index (κ2) is 9.21. The zero-order valence-corrected chi connectivity index (χ0v) is 20.0. The maximum absolute atomic E-state index is 13.8. The Morgan fingerprint density at radius 1 is 1.19 bits per heavy atom. The summed E-state index contributed by atoms with van der Waals surface area (Å²) in [6.45, 7) is 11.9. The molecule has 3 rings (SSSR count). The Morgan fingerprint density at radius 3 is 2.42 bits per heavy atom. The van der Waals surface area contributed by atoms with Crippen LogP contribution in [-0.2, 0) is 4.79 Å². The molecule has 1 unspecified atom stereocenters. The van der Waals surface area contributed by atoms with Gasteiger partial charge in [0.2, 0.25) is 0 Å². The van der Waals surface area contributed by atoms with Crippen molar-refractivity contribution >= 4 is 5.91 Å². The molecule has 2 atom stereocenters. The third kappa shape index (κ3) is 4.75. The van der Waals surface area contributed by atoms with E-state index in [1.807, 2.05) is 24.9 Å². The fraction of sp³-hybridized carbons (Fsp3) is 0.640. The molecule has 0 aromatic heterocycles. The largest absolute Gasteiger partial charge is 0.391 e. The highest BCUT2D eigenvalue weighted by Crippen LogP contribution is 2.38. The Bertz CT molecular complexity index is 801. The normalized spacial score (nSPS) is 26.9. The van der Waals surface area contributed by atoms with Gasteiger partial charge in [-0.05, 0) is 43.6 Å². The Hall–Kier alpha value is -2.05. The number of nitrogens with one attached hydrogen (secondary N) is 2. The smallest absolute Gasteiger partial charge is 0.253 e. The highest BCUT2D eigenvalue weighted by Gasteiger charge is 2.46. The van der Waals surface area contributed by atoms with Gasteiger partial charge in [0.25, 0.3) is 5.91 Å². The van der Waals surface area contributed by atoms with E-state index >= 15 is 0 Å².